The monoisotopic (exact) mass is 186 g/mol. The number of nitrogens with zero attached hydrogens (tertiary/aromatic N) is 1. The van der Waals surface area contributed by atoms with E-state index in [1.54, 1.807) is 0 Å². The zero-order valence-corrected chi connectivity index (χ0v) is 8.14. The summed E-state index contributed by atoms with van der Waals surface area (Å²) in [5, 5.41) is 3.50. The minimum absolute atomic E-state index is 0.566. The molecule has 76 valence electrons. The van der Waals surface area contributed by atoms with Gasteiger partial charge in [0.15, 0.2) is 0 Å². The van der Waals surface area contributed by atoms with Crippen LogP contribution < -0.4 is 5.32 Å². The lowest BCUT2D eigenvalue weighted by atomic mass is 10.0. The van der Waals surface area contributed by atoms with Crippen LogP contribution >= 0.6 is 0 Å². The van der Waals surface area contributed by atoms with Crippen LogP contribution in [0.1, 0.15) is 25.7 Å². The molecule has 2 fully saturated rings. The number of alkyl halides is 1. The maximum Gasteiger partial charge on any atom is 0.114 e. The first-order chi connectivity index (χ1) is 6.34. The maximum atomic E-state index is 12.9. The van der Waals surface area contributed by atoms with Crippen LogP contribution in [0.3, 0.4) is 0 Å². The van der Waals surface area contributed by atoms with Crippen molar-refractivity contribution in [3.8, 4) is 0 Å². The van der Waals surface area contributed by atoms with Crippen molar-refractivity contribution < 1.29 is 4.39 Å². The summed E-state index contributed by atoms with van der Waals surface area (Å²) < 4.78 is 12.9. The summed E-state index contributed by atoms with van der Waals surface area (Å²) in [4.78, 5) is 2.26. The van der Waals surface area contributed by atoms with E-state index >= 15 is 0 Å². The van der Waals surface area contributed by atoms with Crippen LogP contribution in [-0.2, 0) is 0 Å². The van der Waals surface area contributed by atoms with Gasteiger partial charge in [-0.2, -0.15) is 0 Å². The molecule has 13 heavy (non-hydrogen) atoms. The molecule has 0 aromatic carbocycles. The second kappa shape index (κ2) is 4.38. The van der Waals surface area contributed by atoms with Crippen molar-refractivity contribution in [3.05, 3.63) is 0 Å². The standard InChI is InChI=1S/C10H19FN2/c11-9-4-6-13(7-9)8-10-3-1-2-5-12-10/h9-10,12H,1-8H2/t9?,10-/m0/s1. The van der Waals surface area contributed by atoms with Gasteiger partial charge in [-0.1, -0.05) is 6.42 Å². The molecule has 0 saturated carbocycles. The quantitative estimate of drug-likeness (QED) is 0.696. The lowest BCUT2D eigenvalue weighted by molar-refractivity contribution is 0.243. The Bertz CT molecular complexity index is 154. The average molecular weight is 186 g/mol. The molecule has 2 rings (SSSR count). The van der Waals surface area contributed by atoms with E-state index in [1.807, 2.05) is 0 Å². The Hall–Kier alpha value is -0.150. The number of halogens is 1. The summed E-state index contributed by atoms with van der Waals surface area (Å²) in [6.45, 7) is 3.83. The highest BCUT2D eigenvalue weighted by atomic mass is 19.1. The zero-order valence-electron chi connectivity index (χ0n) is 8.14. The minimum atomic E-state index is -0.566. The fourth-order valence-corrected chi connectivity index (χ4v) is 2.34. The van der Waals surface area contributed by atoms with E-state index in [9.17, 15) is 4.39 Å². The predicted molar refractivity (Wildman–Crippen MR) is 51.6 cm³/mol. The third-order valence-electron chi connectivity index (χ3n) is 3.11. The van der Waals surface area contributed by atoms with Gasteiger partial charge in [-0.3, -0.25) is 4.90 Å². The number of nitrogens with one attached hydrogen (secondary N) is 1. The van der Waals surface area contributed by atoms with Crippen LogP contribution in [0, 0.1) is 0 Å². The van der Waals surface area contributed by atoms with E-state index in [4.69, 9.17) is 0 Å². The van der Waals surface area contributed by atoms with Gasteiger partial charge in [0.25, 0.3) is 0 Å². The topological polar surface area (TPSA) is 15.3 Å². The molecule has 2 aliphatic heterocycles. The summed E-state index contributed by atoms with van der Waals surface area (Å²) in [5.74, 6) is 0. The predicted octanol–water partition coefficient (Wildman–Crippen LogP) is 1.17. The minimum Gasteiger partial charge on any atom is -0.313 e. The van der Waals surface area contributed by atoms with E-state index < -0.39 is 6.17 Å². The van der Waals surface area contributed by atoms with Crippen molar-refractivity contribution in [2.45, 2.75) is 37.9 Å². The summed E-state index contributed by atoms with van der Waals surface area (Å²) in [6.07, 6.45) is 4.09. The van der Waals surface area contributed by atoms with E-state index in [0.717, 1.165) is 26.1 Å². The normalized spacial score (nSPS) is 36.7. The smallest absolute Gasteiger partial charge is 0.114 e. The van der Waals surface area contributed by atoms with Gasteiger partial charge in [0.05, 0.1) is 0 Å². The molecule has 3 heteroatoms. The Morgan fingerprint density at radius 2 is 2.23 bits per heavy atom. The highest BCUT2D eigenvalue weighted by Crippen LogP contribution is 2.15. The SMILES string of the molecule is FC1CCN(C[C@@H]2CCCCN2)C1. The fraction of sp³-hybridized carbons (Fsp3) is 1.00. The van der Waals surface area contributed by atoms with Crippen LogP contribution in [-0.4, -0.2) is 43.3 Å². The number of likely N-dealkylation sites (tertiary alicyclic amines) is 1. The molecule has 0 aromatic rings. The van der Waals surface area contributed by atoms with Gasteiger partial charge in [0, 0.05) is 25.7 Å². The van der Waals surface area contributed by atoms with Crippen molar-refractivity contribution in [2.24, 2.45) is 0 Å². The number of hydrogen-bond donors (Lipinski definition) is 1. The number of hydrogen-bond acceptors (Lipinski definition) is 2. The fourth-order valence-electron chi connectivity index (χ4n) is 2.34. The first-order valence-electron chi connectivity index (χ1n) is 5.44. The molecule has 2 aliphatic rings. The van der Waals surface area contributed by atoms with Crippen molar-refractivity contribution in [1.82, 2.24) is 10.2 Å². The third kappa shape index (κ3) is 2.64. The summed E-state index contributed by atoms with van der Waals surface area (Å²) in [5.41, 5.74) is 0. The molecule has 1 N–H and O–H groups in total. The number of piperidine rings is 1. The summed E-state index contributed by atoms with van der Waals surface area (Å²) in [6, 6.07) is 0.624. The largest absolute Gasteiger partial charge is 0.313 e. The molecule has 2 heterocycles. The molecule has 0 amide bonds. The molecule has 0 bridgehead atoms. The van der Waals surface area contributed by atoms with Gasteiger partial charge in [-0.15, -0.1) is 0 Å². The average Bonchev–Trinajstić information content (AvgIpc) is 2.53. The molecule has 2 atom stereocenters. The van der Waals surface area contributed by atoms with Crippen LogP contribution in [0.4, 0.5) is 4.39 Å². The lowest BCUT2D eigenvalue weighted by Gasteiger charge is -2.27. The molecule has 0 spiro atoms. The van der Waals surface area contributed by atoms with Crippen molar-refractivity contribution >= 4 is 0 Å². The van der Waals surface area contributed by atoms with Gasteiger partial charge in [0.2, 0.25) is 0 Å². The Balaban J connectivity index is 1.71. The summed E-state index contributed by atoms with van der Waals surface area (Å²) in [7, 11) is 0. The van der Waals surface area contributed by atoms with Crippen molar-refractivity contribution in [2.75, 3.05) is 26.2 Å². The van der Waals surface area contributed by atoms with Gasteiger partial charge < -0.3 is 5.32 Å². The van der Waals surface area contributed by atoms with Crippen molar-refractivity contribution in [3.63, 3.8) is 0 Å². The maximum absolute atomic E-state index is 12.9. The summed E-state index contributed by atoms with van der Waals surface area (Å²) >= 11 is 0. The molecule has 1 unspecified atom stereocenters. The Morgan fingerprint density at radius 1 is 1.31 bits per heavy atom. The molecule has 2 saturated heterocycles. The Morgan fingerprint density at radius 3 is 2.85 bits per heavy atom. The van der Waals surface area contributed by atoms with Crippen molar-refractivity contribution in [1.29, 1.82) is 0 Å². The van der Waals surface area contributed by atoms with Gasteiger partial charge >= 0.3 is 0 Å². The van der Waals surface area contributed by atoms with E-state index in [0.29, 0.717) is 12.6 Å². The van der Waals surface area contributed by atoms with Gasteiger partial charge in [0.1, 0.15) is 6.17 Å². The van der Waals surface area contributed by atoms with Crippen LogP contribution in [0.25, 0.3) is 0 Å². The van der Waals surface area contributed by atoms with E-state index in [2.05, 4.69) is 10.2 Å². The Kier molecular flexibility index (Phi) is 3.17. The molecule has 2 nitrogen and oxygen atoms in total. The second-order valence-electron chi connectivity index (χ2n) is 4.29. The van der Waals surface area contributed by atoms with Crippen LogP contribution in [0.2, 0.25) is 0 Å². The Labute approximate surface area is 79.5 Å². The molecular formula is C10H19FN2. The second-order valence-corrected chi connectivity index (χ2v) is 4.29. The first kappa shape index (κ1) is 9.41. The number of rotatable bonds is 2. The van der Waals surface area contributed by atoms with E-state index in [1.165, 1.54) is 19.3 Å². The van der Waals surface area contributed by atoms with Gasteiger partial charge in [-0.05, 0) is 25.8 Å². The van der Waals surface area contributed by atoms with Gasteiger partial charge in [-0.25, -0.2) is 4.39 Å². The van der Waals surface area contributed by atoms with Crippen LogP contribution in [0.15, 0.2) is 0 Å². The zero-order chi connectivity index (χ0) is 9.10. The molecular weight excluding hydrogens is 167 g/mol. The molecule has 0 aliphatic carbocycles. The molecule has 0 radical (unpaired) electrons. The van der Waals surface area contributed by atoms with Crippen LogP contribution in [0.5, 0.6) is 0 Å². The van der Waals surface area contributed by atoms with E-state index in [-0.39, 0.29) is 0 Å². The first-order valence-corrected chi connectivity index (χ1v) is 5.44. The molecule has 0 aromatic heterocycles. The highest BCUT2D eigenvalue weighted by Gasteiger charge is 2.24. The highest BCUT2D eigenvalue weighted by molar-refractivity contribution is 4.81. The third-order valence-corrected chi connectivity index (χ3v) is 3.11. The lowest BCUT2D eigenvalue weighted by Crippen LogP contribution is -2.43.